The molecular formula is C10H15N3S. The largest absolute Gasteiger partial charge is 0.312 e. The molecule has 1 aromatic heterocycles. The van der Waals surface area contributed by atoms with Gasteiger partial charge in [-0.3, -0.25) is 0 Å². The minimum atomic E-state index is 0.925. The Morgan fingerprint density at radius 3 is 3.00 bits per heavy atom. The van der Waals surface area contributed by atoms with Crippen molar-refractivity contribution in [1.29, 1.82) is 0 Å². The highest BCUT2D eigenvalue weighted by atomic mass is 32.2. The van der Waals surface area contributed by atoms with E-state index in [1.165, 1.54) is 11.3 Å². The van der Waals surface area contributed by atoms with Crippen LogP contribution in [0.4, 0.5) is 0 Å². The molecule has 1 N–H and O–H groups in total. The summed E-state index contributed by atoms with van der Waals surface area (Å²) in [4.78, 5) is 9.11. The van der Waals surface area contributed by atoms with Gasteiger partial charge in [0.25, 0.3) is 0 Å². The van der Waals surface area contributed by atoms with Crippen LogP contribution >= 0.6 is 11.8 Å². The summed E-state index contributed by atoms with van der Waals surface area (Å²) in [6, 6.07) is 0. The van der Waals surface area contributed by atoms with Crippen molar-refractivity contribution in [2.24, 2.45) is 0 Å². The number of fused-ring (bicyclic) bond motifs is 1. The van der Waals surface area contributed by atoms with Gasteiger partial charge in [-0.25, -0.2) is 9.97 Å². The van der Waals surface area contributed by atoms with Gasteiger partial charge in [-0.05, 0) is 6.26 Å². The number of hydrogen-bond acceptors (Lipinski definition) is 4. The number of hydrogen-bond donors (Lipinski definition) is 1. The predicted molar refractivity (Wildman–Crippen MR) is 58.6 cm³/mol. The number of nitrogens with one attached hydrogen (secondary N) is 1. The van der Waals surface area contributed by atoms with Crippen LogP contribution < -0.4 is 5.32 Å². The molecule has 0 amide bonds. The molecule has 14 heavy (non-hydrogen) atoms. The van der Waals surface area contributed by atoms with Crippen molar-refractivity contribution in [3.63, 3.8) is 0 Å². The Bertz CT molecular complexity index is 321. The summed E-state index contributed by atoms with van der Waals surface area (Å²) in [7, 11) is 0. The van der Waals surface area contributed by atoms with Crippen LogP contribution in [-0.4, -0.2) is 22.8 Å². The molecule has 0 unspecified atom stereocenters. The van der Waals surface area contributed by atoms with Crippen LogP contribution in [0.1, 0.15) is 24.0 Å². The Morgan fingerprint density at radius 2 is 2.29 bits per heavy atom. The van der Waals surface area contributed by atoms with Crippen LogP contribution in [-0.2, 0) is 19.4 Å². The Hall–Kier alpha value is -0.610. The predicted octanol–water partition coefficient (Wildman–Crippen LogP) is 1.41. The van der Waals surface area contributed by atoms with Crippen LogP contribution in [0.3, 0.4) is 0 Å². The number of thioether (sulfide) groups is 1. The lowest BCUT2D eigenvalue weighted by molar-refractivity contribution is 0.604. The summed E-state index contributed by atoms with van der Waals surface area (Å²) < 4.78 is 0. The van der Waals surface area contributed by atoms with E-state index >= 15 is 0 Å². The van der Waals surface area contributed by atoms with Gasteiger partial charge in [0.15, 0.2) is 0 Å². The second-order valence-corrected chi connectivity index (χ2v) is 4.15. The van der Waals surface area contributed by atoms with E-state index < -0.39 is 0 Å². The fourth-order valence-corrected chi connectivity index (χ4v) is 2.32. The highest BCUT2D eigenvalue weighted by molar-refractivity contribution is 7.98. The van der Waals surface area contributed by atoms with Crippen molar-refractivity contribution in [2.45, 2.75) is 31.3 Å². The monoisotopic (exact) mass is 209 g/mol. The molecule has 0 atom stereocenters. The quantitative estimate of drug-likeness (QED) is 0.590. The second kappa shape index (κ2) is 4.28. The van der Waals surface area contributed by atoms with Crippen molar-refractivity contribution in [3.05, 3.63) is 17.1 Å². The summed E-state index contributed by atoms with van der Waals surface area (Å²) in [6.45, 7) is 4.07. The van der Waals surface area contributed by atoms with Crippen LogP contribution in [0.5, 0.6) is 0 Å². The molecule has 0 saturated heterocycles. The first-order valence-electron chi connectivity index (χ1n) is 4.98. The number of rotatable bonds is 2. The standard InChI is InChI=1S/C10H15N3S/c1-3-9-12-8-4-5-11-6-7(8)10(13-9)14-2/h11H,3-6H2,1-2H3. The van der Waals surface area contributed by atoms with Crippen LogP contribution in [0.25, 0.3) is 0 Å². The second-order valence-electron chi connectivity index (χ2n) is 3.35. The van der Waals surface area contributed by atoms with E-state index in [2.05, 4.69) is 28.5 Å². The lowest BCUT2D eigenvalue weighted by atomic mass is 10.1. The zero-order valence-electron chi connectivity index (χ0n) is 8.63. The molecule has 0 bridgehead atoms. The molecule has 76 valence electrons. The van der Waals surface area contributed by atoms with E-state index in [-0.39, 0.29) is 0 Å². The smallest absolute Gasteiger partial charge is 0.129 e. The van der Waals surface area contributed by atoms with Gasteiger partial charge in [-0.2, -0.15) is 0 Å². The number of aromatic nitrogens is 2. The molecule has 4 heteroatoms. The van der Waals surface area contributed by atoms with Crippen molar-refractivity contribution in [2.75, 3.05) is 12.8 Å². The molecule has 2 heterocycles. The van der Waals surface area contributed by atoms with Crippen LogP contribution in [0.2, 0.25) is 0 Å². The van der Waals surface area contributed by atoms with E-state index in [4.69, 9.17) is 0 Å². The maximum atomic E-state index is 4.58. The molecular weight excluding hydrogens is 194 g/mol. The maximum absolute atomic E-state index is 4.58. The Balaban J connectivity index is 2.47. The molecule has 1 aliphatic heterocycles. The van der Waals surface area contributed by atoms with E-state index in [0.29, 0.717) is 0 Å². The first kappa shape index (κ1) is 9.93. The minimum Gasteiger partial charge on any atom is -0.312 e. The molecule has 0 radical (unpaired) electrons. The highest BCUT2D eigenvalue weighted by Crippen LogP contribution is 2.22. The third-order valence-electron chi connectivity index (χ3n) is 2.45. The van der Waals surface area contributed by atoms with E-state index in [1.54, 1.807) is 11.8 Å². The molecule has 2 rings (SSSR count). The highest BCUT2D eigenvalue weighted by Gasteiger charge is 2.15. The lowest BCUT2D eigenvalue weighted by Gasteiger charge is -2.18. The van der Waals surface area contributed by atoms with Gasteiger partial charge in [0, 0.05) is 31.5 Å². The first-order valence-corrected chi connectivity index (χ1v) is 6.21. The topological polar surface area (TPSA) is 37.8 Å². The normalized spacial score (nSPS) is 15.3. The summed E-state index contributed by atoms with van der Waals surface area (Å²) in [5.74, 6) is 0.981. The molecule has 0 spiro atoms. The van der Waals surface area contributed by atoms with Gasteiger partial charge >= 0.3 is 0 Å². The molecule has 0 fully saturated rings. The van der Waals surface area contributed by atoms with Crippen molar-refractivity contribution < 1.29 is 0 Å². The Morgan fingerprint density at radius 1 is 1.43 bits per heavy atom. The maximum Gasteiger partial charge on any atom is 0.129 e. The fraction of sp³-hybridized carbons (Fsp3) is 0.600. The zero-order valence-corrected chi connectivity index (χ0v) is 9.45. The zero-order chi connectivity index (χ0) is 9.97. The summed E-state index contributed by atoms with van der Waals surface area (Å²) in [5.41, 5.74) is 2.56. The summed E-state index contributed by atoms with van der Waals surface area (Å²) in [6.07, 6.45) is 4.04. The van der Waals surface area contributed by atoms with E-state index in [0.717, 1.165) is 36.8 Å². The van der Waals surface area contributed by atoms with Gasteiger partial charge in [0.1, 0.15) is 10.9 Å². The van der Waals surface area contributed by atoms with E-state index in [1.807, 2.05) is 0 Å². The lowest BCUT2D eigenvalue weighted by Crippen LogP contribution is -2.26. The SMILES string of the molecule is CCc1nc2c(c(SC)n1)CNCC2. The molecule has 3 nitrogen and oxygen atoms in total. The molecule has 0 aliphatic carbocycles. The van der Waals surface area contributed by atoms with Crippen LogP contribution in [0.15, 0.2) is 5.03 Å². The van der Waals surface area contributed by atoms with Gasteiger partial charge in [-0.15, -0.1) is 11.8 Å². The Kier molecular flexibility index (Phi) is 3.03. The fourth-order valence-electron chi connectivity index (χ4n) is 1.69. The molecule has 0 saturated carbocycles. The van der Waals surface area contributed by atoms with Crippen molar-refractivity contribution in [1.82, 2.24) is 15.3 Å². The first-order chi connectivity index (χ1) is 6.85. The molecule has 0 aromatic carbocycles. The number of aryl methyl sites for hydroxylation is 1. The van der Waals surface area contributed by atoms with Gasteiger partial charge < -0.3 is 5.32 Å². The third-order valence-corrected chi connectivity index (χ3v) is 3.18. The van der Waals surface area contributed by atoms with Crippen LogP contribution in [0, 0.1) is 0 Å². The van der Waals surface area contributed by atoms with E-state index in [9.17, 15) is 0 Å². The molecule has 1 aromatic rings. The summed E-state index contributed by atoms with van der Waals surface area (Å²) in [5, 5.41) is 4.51. The average molecular weight is 209 g/mol. The van der Waals surface area contributed by atoms with Gasteiger partial charge in [-0.1, -0.05) is 6.92 Å². The third kappa shape index (κ3) is 1.77. The Labute approximate surface area is 88.7 Å². The average Bonchev–Trinajstić information content (AvgIpc) is 2.27. The number of nitrogens with zero attached hydrogens (tertiary/aromatic N) is 2. The summed E-state index contributed by atoms with van der Waals surface area (Å²) >= 11 is 1.72. The minimum absolute atomic E-state index is 0.925. The molecule has 1 aliphatic rings. The van der Waals surface area contributed by atoms with Crippen molar-refractivity contribution in [3.8, 4) is 0 Å². The van der Waals surface area contributed by atoms with Crippen molar-refractivity contribution >= 4 is 11.8 Å². The van der Waals surface area contributed by atoms with Gasteiger partial charge in [0.05, 0.1) is 5.69 Å². The van der Waals surface area contributed by atoms with Gasteiger partial charge in [0.2, 0.25) is 0 Å².